The molecule has 0 aliphatic carbocycles. The first kappa shape index (κ1) is 19.8. The third-order valence-corrected chi connectivity index (χ3v) is 10.6. The zero-order valence-electron chi connectivity index (χ0n) is 45.8. The molecule has 0 unspecified atom stereocenters. The number of fused-ring (bicyclic) bond motifs is 10. The van der Waals surface area contributed by atoms with Crippen molar-refractivity contribution < 1.29 is 21.9 Å². The molecule has 0 radical (unpaired) electrons. The summed E-state index contributed by atoms with van der Waals surface area (Å²) in [6.07, 6.45) is 0. The van der Waals surface area contributed by atoms with Crippen LogP contribution in [0.25, 0.3) is 105 Å². The fourth-order valence-corrected chi connectivity index (χ4v) is 8.28. The number of para-hydroxylation sites is 5. The van der Waals surface area contributed by atoms with Crippen LogP contribution in [-0.4, -0.2) is 13.7 Å². The minimum Gasteiger partial charge on any atom is -0.309 e. The van der Waals surface area contributed by atoms with Crippen LogP contribution in [0, 0.1) is 0 Å². The molecule has 0 amide bonds. The van der Waals surface area contributed by atoms with Crippen LogP contribution in [0.1, 0.15) is 21.9 Å². The molecular weight excluding hydrogens is 691 g/mol. The lowest BCUT2D eigenvalue weighted by atomic mass is 10.0. The molecule has 0 bridgehead atoms. The molecule has 0 aliphatic heterocycles. The monoisotopic (exact) mass is 741 g/mol. The second kappa shape index (κ2) is 12.5. The first-order valence-corrected chi connectivity index (χ1v) is 18.3. The summed E-state index contributed by atoms with van der Waals surface area (Å²) in [5, 5.41) is 3.29. The van der Waals surface area contributed by atoms with E-state index in [1.165, 1.54) is 0 Å². The molecule has 3 heterocycles. The Morgan fingerprint density at radius 2 is 0.965 bits per heavy atom. The van der Waals surface area contributed by atoms with E-state index < -0.39 is 113 Å². The highest BCUT2D eigenvalue weighted by atomic mass is 15.0. The van der Waals surface area contributed by atoms with Gasteiger partial charge in [-0.2, -0.15) is 0 Å². The van der Waals surface area contributed by atoms with Gasteiger partial charge in [0.2, 0.25) is 0 Å². The molecule has 12 rings (SSSR count). The summed E-state index contributed by atoms with van der Waals surface area (Å²) in [5.41, 5.74) is 2.76. The van der Waals surface area contributed by atoms with Crippen LogP contribution >= 0.6 is 0 Å². The average molecular weight is 742 g/mol. The van der Waals surface area contributed by atoms with Crippen molar-refractivity contribution in [3.8, 4) is 39.3 Å². The third-order valence-electron chi connectivity index (χ3n) is 10.6. The number of benzene rings is 9. The lowest BCUT2D eigenvalue weighted by molar-refractivity contribution is 1.17. The fourth-order valence-electron chi connectivity index (χ4n) is 8.28. The molecule has 266 valence electrons. The SMILES string of the molecule is [2H]c1c([2H])c([2H])c(-c2c([2H])c([2H])c(-n3c4c([2H])c([2H])c([2H])c([2H])c4c4c([2H])c(-c5ccccc5-n5c6ccccc6c6ccc7c(c8ccccc8n7-c7ccccc7)c65)c([2H])c([2H])c43)c([2H])c2[2H])c([2H])c1[2H]. The predicted octanol–water partition coefficient (Wildman–Crippen LogP) is 14.3. The van der Waals surface area contributed by atoms with Crippen LogP contribution in [0.15, 0.2) is 212 Å². The Hall–Kier alpha value is -7.62. The Morgan fingerprint density at radius 1 is 0.333 bits per heavy atom. The van der Waals surface area contributed by atoms with E-state index in [1.807, 2.05) is 78.9 Å². The van der Waals surface area contributed by atoms with E-state index in [0.29, 0.717) is 11.3 Å². The van der Waals surface area contributed by atoms with Crippen molar-refractivity contribution >= 4 is 65.4 Å². The summed E-state index contributed by atoms with van der Waals surface area (Å²) in [5.74, 6) is 0. The van der Waals surface area contributed by atoms with Gasteiger partial charge < -0.3 is 13.7 Å². The summed E-state index contributed by atoms with van der Waals surface area (Å²) in [6.45, 7) is 0. The maximum atomic E-state index is 10.1. The molecule has 3 aromatic heterocycles. The fraction of sp³-hybridized carbons (Fsp3) is 0. The van der Waals surface area contributed by atoms with Crippen LogP contribution in [0.3, 0.4) is 0 Å². The van der Waals surface area contributed by atoms with Gasteiger partial charge in [-0.1, -0.05) is 145 Å². The molecule has 0 spiro atoms. The normalized spacial score (nSPS) is 15.8. The van der Waals surface area contributed by atoms with E-state index in [-0.39, 0.29) is 27.4 Å². The number of hydrogen-bond acceptors (Lipinski definition) is 0. The van der Waals surface area contributed by atoms with E-state index in [0.717, 1.165) is 53.9 Å². The zero-order valence-corrected chi connectivity index (χ0v) is 29.8. The molecule has 0 aliphatic rings. The van der Waals surface area contributed by atoms with Crippen molar-refractivity contribution in [2.75, 3.05) is 0 Å². The smallest absolute Gasteiger partial charge is 0.0645 e. The minimum absolute atomic E-state index is 0.0551. The largest absolute Gasteiger partial charge is 0.309 e. The van der Waals surface area contributed by atoms with Crippen molar-refractivity contribution in [3.63, 3.8) is 0 Å². The highest BCUT2D eigenvalue weighted by molar-refractivity contribution is 6.26. The van der Waals surface area contributed by atoms with Crippen LogP contribution in [0.5, 0.6) is 0 Å². The summed E-state index contributed by atoms with van der Waals surface area (Å²) >= 11 is 0. The molecule has 12 aromatic rings. The van der Waals surface area contributed by atoms with Crippen molar-refractivity contribution in [1.82, 2.24) is 13.7 Å². The molecule has 0 fully saturated rings. The number of rotatable bonds is 5. The van der Waals surface area contributed by atoms with Gasteiger partial charge in [-0.3, -0.25) is 0 Å². The Labute approximate surface area is 352 Å². The Bertz CT molecular complexity index is 4400. The Kier molecular flexibility index (Phi) is 4.33. The lowest BCUT2D eigenvalue weighted by Crippen LogP contribution is -1.98. The molecule has 3 nitrogen and oxygen atoms in total. The molecule has 0 N–H and O–H groups in total. The van der Waals surface area contributed by atoms with Crippen molar-refractivity contribution in [2.45, 2.75) is 0 Å². The molecular formula is C54H35N3. The van der Waals surface area contributed by atoms with Crippen LogP contribution in [0.4, 0.5) is 0 Å². The second-order valence-corrected chi connectivity index (χ2v) is 13.7. The van der Waals surface area contributed by atoms with E-state index in [9.17, 15) is 12.3 Å². The highest BCUT2D eigenvalue weighted by Crippen LogP contribution is 2.44. The lowest BCUT2D eigenvalue weighted by Gasteiger charge is -2.15. The first-order chi connectivity index (χ1) is 35.0. The van der Waals surface area contributed by atoms with Crippen LogP contribution < -0.4 is 0 Å². The summed E-state index contributed by atoms with van der Waals surface area (Å²) in [7, 11) is 0. The van der Waals surface area contributed by atoms with Crippen molar-refractivity contribution in [2.24, 2.45) is 0 Å². The van der Waals surface area contributed by atoms with Crippen LogP contribution in [-0.2, 0) is 0 Å². The summed E-state index contributed by atoms with van der Waals surface area (Å²) in [6, 6.07) is 26.1. The molecule has 3 heteroatoms. The third kappa shape index (κ3) is 4.73. The average Bonchev–Trinajstić information content (AvgIpc) is 4.07. The van der Waals surface area contributed by atoms with Gasteiger partial charge in [-0.25, -0.2) is 0 Å². The molecule has 9 aromatic carbocycles. The molecule has 0 saturated carbocycles. The van der Waals surface area contributed by atoms with E-state index in [4.69, 9.17) is 9.60 Å². The number of hydrogen-bond donors (Lipinski definition) is 0. The van der Waals surface area contributed by atoms with E-state index in [1.54, 1.807) is 12.1 Å². The second-order valence-electron chi connectivity index (χ2n) is 13.7. The summed E-state index contributed by atoms with van der Waals surface area (Å²) in [4.78, 5) is 0. The van der Waals surface area contributed by atoms with E-state index in [2.05, 4.69) is 33.4 Å². The quantitative estimate of drug-likeness (QED) is 0.167. The minimum atomic E-state index is -0.841. The first-order valence-electron chi connectivity index (χ1n) is 26.3. The maximum Gasteiger partial charge on any atom is 0.0645 e. The van der Waals surface area contributed by atoms with Crippen molar-refractivity contribution in [3.05, 3.63) is 212 Å². The van der Waals surface area contributed by atoms with Gasteiger partial charge in [0.15, 0.2) is 0 Å². The predicted molar refractivity (Wildman–Crippen MR) is 240 cm³/mol. The standard InChI is InChI=1S/C54H35N3/c1-3-15-36(16-4-1)37-27-30-40(31-28-37)55-48-24-12-9-21-43(48)46-35-38(29-33-51(46)55)41-19-7-11-23-47(41)57-49-25-13-8-20-42(49)44-32-34-52-53(54(44)57)45-22-10-14-26-50(45)56(52)39-17-5-2-6-18-39/h1-35H/i1D,3D,4D,9D,12D,15D,16D,21D,24D,27D,28D,29D,30D,31D,33D,35D. The van der Waals surface area contributed by atoms with Gasteiger partial charge >= 0.3 is 0 Å². The van der Waals surface area contributed by atoms with E-state index >= 15 is 0 Å². The van der Waals surface area contributed by atoms with Gasteiger partial charge in [0, 0.05) is 49.3 Å². The number of aromatic nitrogens is 3. The highest BCUT2D eigenvalue weighted by Gasteiger charge is 2.22. The van der Waals surface area contributed by atoms with Gasteiger partial charge in [0.1, 0.15) is 0 Å². The maximum absolute atomic E-state index is 10.1. The molecule has 57 heavy (non-hydrogen) atoms. The molecule has 0 atom stereocenters. The molecule has 0 saturated heterocycles. The van der Waals surface area contributed by atoms with Crippen molar-refractivity contribution in [1.29, 1.82) is 0 Å². The van der Waals surface area contributed by atoms with Gasteiger partial charge in [0.05, 0.1) is 60.7 Å². The summed E-state index contributed by atoms with van der Waals surface area (Å²) < 4.78 is 150. The van der Waals surface area contributed by atoms with Crippen LogP contribution in [0.2, 0.25) is 0 Å². The Morgan fingerprint density at radius 3 is 1.81 bits per heavy atom. The topological polar surface area (TPSA) is 14.8 Å². The van der Waals surface area contributed by atoms with Gasteiger partial charge in [0.25, 0.3) is 0 Å². The Balaban J connectivity index is 1.20. The number of nitrogens with zero attached hydrogens (tertiary/aromatic N) is 3. The van der Waals surface area contributed by atoms with Gasteiger partial charge in [-0.15, -0.1) is 0 Å². The zero-order chi connectivity index (χ0) is 51.4. The van der Waals surface area contributed by atoms with Gasteiger partial charge in [-0.05, 0) is 83.3 Å².